The molecule has 0 bridgehead atoms. The van der Waals surface area contributed by atoms with Gasteiger partial charge in [-0.3, -0.25) is 0 Å². The normalized spacial score (nSPS) is 21.6. The molecule has 2 unspecified atom stereocenters. The van der Waals surface area contributed by atoms with E-state index in [2.05, 4.69) is 59.1 Å². The average molecular weight is 345 g/mol. The predicted octanol–water partition coefficient (Wildman–Crippen LogP) is 3.37. The van der Waals surface area contributed by atoms with Crippen LogP contribution in [0.5, 0.6) is 0 Å². The summed E-state index contributed by atoms with van der Waals surface area (Å²) in [5.41, 5.74) is 1.40. The molecule has 1 fully saturated rings. The Kier molecular flexibility index (Phi) is 5.25. The molecular weight excluding hydrogens is 325 g/mol. The summed E-state index contributed by atoms with van der Waals surface area (Å²) in [7, 11) is 0. The molecule has 0 radical (unpaired) electrons. The van der Waals surface area contributed by atoms with Gasteiger partial charge in [0.2, 0.25) is 0 Å². The molecule has 0 saturated carbocycles. The van der Waals surface area contributed by atoms with Crippen LogP contribution >= 0.6 is 22.6 Å². The first-order valence-corrected chi connectivity index (χ1v) is 7.45. The van der Waals surface area contributed by atoms with Crippen LogP contribution in [0.4, 0.5) is 0 Å². The van der Waals surface area contributed by atoms with E-state index in [-0.39, 0.29) is 0 Å². The largest absolute Gasteiger partial charge is 0.381 e. The van der Waals surface area contributed by atoms with E-state index in [0.717, 1.165) is 19.8 Å². The van der Waals surface area contributed by atoms with Crippen molar-refractivity contribution in [3.05, 3.63) is 33.4 Å². The van der Waals surface area contributed by atoms with Gasteiger partial charge in [-0.05, 0) is 59.7 Å². The lowest BCUT2D eigenvalue weighted by molar-refractivity contribution is 0.176. The van der Waals surface area contributed by atoms with Crippen molar-refractivity contribution in [3.8, 4) is 0 Å². The van der Waals surface area contributed by atoms with E-state index < -0.39 is 0 Å². The first-order valence-electron chi connectivity index (χ1n) is 6.38. The summed E-state index contributed by atoms with van der Waals surface area (Å²) < 4.78 is 6.84. The Labute approximate surface area is 117 Å². The van der Waals surface area contributed by atoms with Crippen LogP contribution < -0.4 is 5.32 Å². The first kappa shape index (κ1) is 13.3. The number of halogens is 1. The van der Waals surface area contributed by atoms with Gasteiger partial charge in [0.15, 0.2) is 0 Å². The molecule has 94 valence electrons. The van der Waals surface area contributed by atoms with Gasteiger partial charge in [0.1, 0.15) is 0 Å². The fraction of sp³-hybridized carbons (Fsp3) is 0.571. The quantitative estimate of drug-likeness (QED) is 0.827. The van der Waals surface area contributed by atoms with Crippen LogP contribution in [0, 0.1) is 9.49 Å². The minimum Gasteiger partial charge on any atom is -0.381 e. The molecule has 1 aliphatic heterocycles. The molecule has 17 heavy (non-hydrogen) atoms. The van der Waals surface area contributed by atoms with Crippen LogP contribution in [0.1, 0.15) is 31.4 Å². The van der Waals surface area contributed by atoms with Gasteiger partial charge in [0.25, 0.3) is 0 Å². The Balaban J connectivity index is 2.13. The monoisotopic (exact) mass is 345 g/mol. The van der Waals surface area contributed by atoms with Crippen molar-refractivity contribution in [1.82, 2.24) is 5.32 Å². The molecule has 2 nitrogen and oxygen atoms in total. The van der Waals surface area contributed by atoms with Gasteiger partial charge in [-0.15, -0.1) is 0 Å². The molecule has 0 amide bonds. The lowest BCUT2D eigenvalue weighted by Crippen LogP contribution is -2.29. The molecule has 1 heterocycles. The summed E-state index contributed by atoms with van der Waals surface area (Å²) >= 11 is 2.38. The molecule has 1 aromatic carbocycles. The molecule has 1 aromatic rings. The van der Waals surface area contributed by atoms with Crippen molar-refractivity contribution in [1.29, 1.82) is 0 Å². The van der Waals surface area contributed by atoms with Crippen molar-refractivity contribution in [2.45, 2.75) is 25.8 Å². The summed E-state index contributed by atoms with van der Waals surface area (Å²) in [4.78, 5) is 0. The Morgan fingerprint density at radius 1 is 1.53 bits per heavy atom. The third-order valence-corrected chi connectivity index (χ3v) is 3.93. The van der Waals surface area contributed by atoms with Gasteiger partial charge in [0, 0.05) is 22.1 Å². The highest BCUT2D eigenvalue weighted by Gasteiger charge is 2.26. The maximum Gasteiger partial charge on any atom is 0.0513 e. The summed E-state index contributed by atoms with van der Waals surface area (Å²) in [6, 6.07) is 9.26. The highest BCUT2D eigenvalue weighted by atomic mass is 127. The van der Waals surface area contributed by atoms with Gasteiger partial charge in [-0.2, -0.15) is 0 Å². The topological polar surface area (TPSA) is 21.3 Å². The van der Waals surface area contributed by atoms with E-state index >= 15 is 0 Å². The van der Waals surface area contributed by atoms with Crippen LogP contribution in [-0.2, 0) is 4.74 Å². The summed E-state index contributed by atoms with van der Waals surface area (Å²) in [6.07, 6.45) is 2.35. The van der Waals surface area contributed by atoms with E-state index in [4.69, 9.17) is 4.74 Å². The number of benzene rings is 1. The molecule has 1 aliphatic rings. The van der Waals surface area contributed by atoms with E-state index in [1.807, 2.05) is 0 Å². The van der Waals surface area contributed by atoms with Crippen molar-refractivity contribution in [3.63, 3.8) is 0 Å². The maximum absolute atomic E-state index is 5.53. The van der Waals surface area contributed by atoms with E-state index in [1.54, 1.807) is 0 Å². The van der Waals surface area contributed by atoms with Gasteiger partial charge in [-0.25, -0.2) is 0 Å². The molecule has 0 aliphatic carbocycles. The number of hydrogen-bond donors (Lipinski definition) is 1. The van der Waals surface area contributed by atoms with E-state index in [9.17, 15) is 0 Å². The van der Waals surface area contributed by atoms with Gasteiger partial charge >= 0.3 is 0 Å². The van der Waals surface area contributed by atoms with Gasteiger partial charge in [0.05, 0.1) is 6.61 Å². The smallest absolute Gasteiger partial charge is 0.0513 e. The predicted molar refractivity (Wildman–Crippen MR) is 79.1 cm³/mol. The Morgan fingerprint density at radius 2 is 2.41 bits per heavy atom. The molecule has 2 rings (SSSR count). The lowest BCUT2D eigenvalue weighted by Gasteiger charge is -2.24. The highest BCUT2D eigenvalue weighted by molar-refractivity contribution is 14.1. The number of hydrogen-bond acceptors (Lipinski definition) is 2. The highest BCUT2D eigenvalue weighted by Crippen LogP contribution is 2.29. The van der Waals surface area contributed by atoms with Crippen LogP contribution in [0.15, 0.2) is 24.3 Å². The van der Waals surface area contributed by atoms with Crippen molar-refractivity contribution >= 4 is 22.6 Å². The molecule has 1 N–H and O–H groups in total. The second-order valence-electron chi connectivity index (χ2n) is 4.61. The van der Waals surface area contributed by atoms with Crippen molar-refractivity contribution in [2.75, 3.05) is 19.8 Å². The first-order chi connectivity index (χ1) is 8.31. The Hall–Kier alpha value is -0.130. The van der Waals surface area contributed by atoms with Crippen molar-refractivity contribution < 1.29 is 4.74 Å². The number of ether oxygens (including phenoxy) is 1. The van der Waals surface area contributed by atoms with Crippen LogP contribution in [-0.4, -0.2) is 19.8 Å². The minimum atomic E-state index is 0.451. The fourth-order valence-electron chi connectivity index (χ4n) is 2.37. The number of nitrogens with one attached hydrogen (secondary N) is 1. The molecule has 3 heteroatoms. The van der Waals surface area contributed by atoms with Crippen LogP contribution in [0.3, 0.4) is 0 Å². The third kappa shape index (κ3) is 3.66. The second kappa shape index (κ2) is 6.71. The van der Waals surface area contributed by atoms with E-state index in [0.29, 0.717) is 12.0 Å². The lowest BCUT2D eigenvalue weighted by atomic mass is 9.92. The molecule has 2 atom stereocenters. The molecular formula is C14H20INO. The second-order valence-corrected chi connectivity index (χ2v) is 5.86. The summed E-state index contributed by atoms with van der Waals surface area (Å²) in [6.45, 7) is 5.10. The Bertz CT molecular complexity index is 350. The molecule has 1 saturated heterocycles. The zero-order chi connectivity index (χ0) is 12.1. The van der Waals surface area contributed by atoms with Gasteiger partial charge in [-0.1, -0.05) is 19.1 Å². The average Bonchev–Trinajstić information content (AvgIpc) is 2.83. The van der Waals surface area contributed by atoms with Crippen LogP contribution in [0.2, 0.25) is 0 Å². The van der Waals surface area contributed by atoms with E-state index in [1.165, 1.54) is 22.0 Å². The minimum absolute atomic E-state index is 0.451. The Morgan fingerprint density at radius 3 is 3.06 bits per heavy atom. The zero-order valence-corrected chi connectivity index (χ0v) is 12.4. The van der Waals surface area contributed by atoms with Crippen LogP contribution in [0.25, 0.3) is 0 Å². The summed E-state index contributed by atoms with van der Waals surface area (Å²) in [5.74, 6) is 0.625. The SMILES string of the molecule is CCCNC(c1cccc(I)c1)C1CCOC1. The summed E-state index contributed by atoms with van der Waals surface area (Å²) in [5, 5.41) is 3.67. The van der Waals surface area contributed by atoms with Crippen molar-refractivity contribution in [2.24, 2.45) is 5.92 Å². The molecule has 0 spiro atoms. The van der Waals surface area contributed by atoms with Gasteiger partial charge < -0.3 is 10.1 Å². The third-order valence-electron chi connectivity index (χ3n) is 3.26. The fourth-order valence-corrected chi connectivity index (χ4v) is 2.94. The maximum atomic E-state index is 5.53. The number of rotatable bonds is 5. The molecule has 0 aromatic heterocycles. The standard InChI is InChI=1S/C14H20INO/c1-2-7-16-14(12-6-8-17-10-12)11-4-3-5-13(15)9-11/h3-5,9,12,14,16H,2,6-8,10H2,1H3. The zero-order valence-electron chi connectivity index (χ0n) is 10.3.